The molecule has 0 unspecified atom stereocenters. The molecule has 3 fully saturated rings. The van der Waals surface area contributed by atoms with E-state index in [4.69, 9.17) is 18.9 Å². The molecule has 4 aliphatic rings. The number of nitrogens with one attached hydrogen (secondary N) is 3. The minimum Gasteiger partial charge on any atom is -0.496 e. The van der Waals surface area contributed by atoms with Gasteiger partial charge in [-0.1, -0.05) is 12.2 Å². The van der Waals surface area contributed by atoms with Crippen LogP contribution >= 0.6 is 0 Å². The number of amides is 4. The maximum Gasteiger partial charge on any atom is 0.427 e. The van der Waals surface area contributed by atoms with E-state index in [1.54, 1.807) is 25.1 Å². The summed E-state index contributed by atoms with van der Waals surface area (Å²) >= 11 is 0. The van der Waals surface area contributed by atoms with Gasteiger partial charge in [-0.2, -0.15) is 13.2 Å². The molecule has 2 aromatic rings. The molecule has 4 amide bonds. The molecule has 7 atom stereocenters. The van der Waals surface area contributed by atoms with Crippen molar-refractivity contribution in [3.8, 4) is 11.6 Å². The normalized spacial score (nSPS) is 29.4. The molecule has 1 aromatic heterocycles. The highest BCUT2D eigenvalue weighted by molar-refractivity contribution is 7.91. The Kier molecular flexibility index (Phi) is 11.4. The summed E-state index contributed by atoms with van der Waals surface area (Å²) in [6.07, 6.45) is -3.26. The average Bonchev–Trinajstić information content (AvgIpc) is 4.01. The Hall–Kier alpha value is -4.72. The molecule has 15 nitrogen and oxygen atoms in total. The third-order valence-electron chi connectivity index (χ3n) is 11.3. The van der Waals surface area contributed by atoms with Gasteiger partial charge in [0.25, 0.3) is 5.91 Å². The van der Waals surface area contributed by atoms with Crippen molar-refractivity contribution in [2.24, 2.45) is 5.92 Å². The van der Waals surface area contributed by atoms with Gasteiger partial charge in [0.15, 0.2) is 0 Å². The zero-order chi connectivity index (χ0) is 42.6. The number of carbonyl (C=O) groups is 4. The number of nitrogens with zero attached hydrogens (tertiary/aromatic N) is 2. The number of hydrogen-bond donors (Lipinski definition) is 3. The van der Waals surface area contributed by atoms with Gasteiger partial charge in [-0.25, -0.2) is 22.6 Å². The third-order valence-corrected chi connectivity index (χ3v) is 13.5. The lowest BCUT2D eigenvalue weighted by atomic mass is 10.1. The number of sulfonamides is 1. The van der Waals surface area contributed by atoms with Crippen LogP contribution in [0.15, 0.2) is 36.5 Å². The number of alkyl halides is 3. The zero-order valence-corrected chi connectivity index (χ0v) is 33.6. The lowest BCUT2D eigenvalue weighted by molar-refractivity contribution is -0.244. The van der Waals surface area contributed by atoms with Gasteiger partial charge in [0.1, 0.15) is 35.3 Å². The van der Waals surface area contributed by atoms with Crippen molar-refractivity contribution in [1.82, 2.24) is 25.2 Å². The quantitative estimate of drug-likeness (QED) is 0.255. The van der Waals surface area contributed by atoms with Crippen LogP contribution in [0.2, 0.25) is 0 Å². The first-order valence-corrected chi connectivity index (χ1v) is 20.4. The Morgan fingerprint density at radius 3 is 2.48 bits per heavy atom. The standard InChI is InChI=1S/C38H47F4N5O10S/c1-20-9-7-8-10-22-18-37(22,33(50)46-58(52,53)36(5)12-13-36)45-30(48)27-17-24(56-31-26-15-23(39)16-28(54-6)25(26)11-14-43-31)19-47(27)32(49)29(21(2)55-20)44-34(51)57-35(3,4)38(40,41)42/h8,10-11,14-16,20-22,24,27,29H,7,9,12-13,17-19H2,1-6H3,(H,44,51)(H,45,48)(H,46,50)/b10-8-/t20-,21-,22+,24+,27-,29-,37+/m0/s1. The van der Waals surface area contributed by atoms with Crippen molar-refractivity contribution in [3.63, 3.8) is 0 Å². The summed E-state index contributed by atoms with van der Waals surface area (Å²) in [6.45, 7) is 5.54. The molecular formula is C38H47F4N5O10S. The van der Waals surface area contributed by atoms with Gasteiger partial charge in [-0.15, -0.1) is 0 Å². The minimum absolute atomic E-state index is 0.0370. The van der Waals surface area contributed by atoms with Crippen LogP contribution in [0.25, 0.3) is 10.8 Å². The fraction of sp³-hybridized carbons (Fsp3) is 0.605. The molecular weight excluding hydrogens is 795 g/mol. The van der Waals surface area contributed by atoms with Crippen LogP contribution in [0.3, 0.4) is 0 Å². The molecule has 3 heterocycles. The molecule has 0 spiro atoms. The summed E-state index contributed by atoms with van der Waals surface area (Å²) in [6, 6.07) is 0.746. The maximum absolute atomic E-state index is 14.7. The van der Waals surface area contributed by atoms with Gasteiger partial charge in [0.2, 0.25) is 33.3 Å². The second-order valence-corrected chi connectivity index (χ2v) is 18.3. The summed E-state index contributed by atoms with van der Waals surface area (Å²) in [5.41, 5.74) is -4.67. The second-order valence-electron chi connectivity index (χ2n) is 16.1. The molecule has 58 heavy (non-hydrogen) atoms. The zero-order valence-electron chi connectivity index (χ0n) is 32.8. The van der Waals surface area contributed by atoms with Gasteiger partial charge >= 0.3 is 12.3 Å². The molecule has 2 aliphatic carbocycles. The number of allylic oxidation sites excluding steroid dienone is 1. The molecule has 318 valence electrons. The Morgan fingerprint density at radius 1 is 1.12 bits per heavy atom. The summed E-state index contributed by atoms with van der Waals surface area (Å²) in [4.78, 5) is 61.3. The molecule has 3 N–H and O–H groups in total. The van der Waals surface area contributed by atoms with Crippen LogP contribution in [0.5, 0.6) is 11.6 Å². The fourth-order valence-corrected chi connectivity index (χ4v) is 8.47. The van der Waals surface area contributed by atoms with E-state index >= 15 is 0 Å². The first-order valence-electron chi connectivity index (χ1n) is 18.9. The minimum atomic E-state index is -4.97. The van der Waals surface area contributed by atoms with Crippen LogP contribution in [0.1, 0.15) is 73.1 Å². The first-order chi connectivity index (χ1) is 27.0. The van der Waals surface area contributed by atoms with E-state index in [-0.39, 0.29) is 36.4 Å². The van der Waals surface area contributed by atoms with E-state index < -0.39 is 98.0 Å². The Morgan fingerprint density at radius 2 is 1.83 bits per heavy atom. The molecule has 6 rings (SSSR count). The van der Waals surface area contributed by atoms with Crippen LogP contribution in [-0.4, -0.2) is 108 Å². The highest BCUT2D eigenvalue weighted by Gasteiger charge is 2.63. The first kappa shape index (κ1) is 42.9. The van der Waals surface area contributed by atoms with Crippen LogP contribution in [-0.2, 0) is 33.9 Å². The van der Waals surface area contributed by atoms with Crippen molar-refractivity contribution in [3.05, 3.63) is 42.4 Å². The van der Waals surface area contributed by atoms with Gasteiger partial charge in [-0.05, 0) is 78.9 Å². The van der Waals surface area contributed by atoms with Crippen molar-refractivity contribution in [2.45, 2.75) is 126 Å². The van der Waals surface area contributed by atoms with Gasteiger partial charge in [0, 0.05) is 30.0 Å². The summed E-state index contributed by atoms with van der Waals surface area (Å²) in [7, 11) is -2.77. The number of benzene rings is 1. The molecule has 1 saturated heterocycles. The Bertz CT molecular complexity index is 2110. The largest absolute Gasteiger partial charge is 0.496 e. The molecule has 0 bridgehead atoms. The SMILES string of the molecule is COc1cc(F)cc2c(O[C@@H]3C[C@H]4C(=O)N[C@]5(C(=O)NS(=O)(=O)C6(C)CC6)C[C@H]5/C=C\CC[C@H](C)O[C@@H](C)[C@H](NC(=O)OC(C)(C)C(F)(F)F)C(=O)N4C3)nccc12. The van der Waals surface area contributed by atoms with Gasteiger partial charge in [0.05, 0.1) is 36.0 Å². The van der Waals surface area contributed by atoms with Gasteiger partial charge in [-0.3, -0.25) is 19.1 Å². The fourth-order valence-electron chi connectivity index (χ4n) is 7.16. The number of pyridine rings is 1. The Balaban J connectivity index is 1.36. The molecule has 1 aromatic carbocycles. The average molecular weight is 842 g/mol. The predicted octanol–water partition coefficient (Wildman–Crippen LogP) is 4.18. The third kappa shape index (κ3) is 8.53. The highest BCUT2D eigenvalue weighted by Crippen LogP contribution is 2.47. The monoisotopic (exact) mass is 841 g/mol. The van der Waals surface area contributed by atoms with Crippen molar-refractivity contribution in [1.29, 1.82) is 0 Å². The van der Waals surface area contributed by atoms with E-state index in [0.29, 0.717) is 44.9 Å². The van der Waals surface area contributed by atoms with Crippen molar-refractivity contribution < 1.29 is 64.1 Å². The number of halogens is 4. The second kappa shape index (κ2) is 15.5. The summed E-state index contributed by atoms with van der Waals surface area (Å²) < 4.78 is 105. The number of alkyl carbamates (subject to hydrolysis) is 1. The summed E-state index contributed by atoms with van der Waals surface area (Å²) in [5, 5.41) is 5.59. The number of fused-ring (bicyclic) bond motifs is 3. The topological polar surface area (TPSA) is 192 Å². The van der Waals surface area contributed by atoms with E-state index in [9.17, 15) is 45.2 Å². The molecule has 2 aliphatic heterocycles. The molecule has 0 radical (unpaired) electrons. The van der Waals surface area contributed by atoms with Crippen molar-refractivity contribution in [2.75, 3.05) is 13.7 Å². The number of methoxy groups -OCH3 is 1. The number of aromatic nitrogens is 1. The lowest BCUT2D eigenvalue weighted by Gasteiger charge is -2.34. The highest BCUT2D eigenvalue weighted by atomic mass is 32.2. The van der Waals surface area contributed by atoms with E-state index in [2.05, 4.69) is 20.3 Å². The van der Waals surface area contributed by atoms with Crippen LogP contribution < -0.4 is 24.8 Å². The number of hydrogen-bond acceptors (Lipinski definition) is 11. The van der Waals surface area contributed by atoms with Crippen LogP contribution in [0, 0.1) is 11.7 Å². The van der Waals surface area contributed by atoms with E-state index in [1.807, 2.05) is 0 Å². The number of carbonyl (C=O) groups excluding carboxylic acids is 4. The smallest absolute Gasteiger partial charge is 0.427 e. The van der Waals surface area contributed by atoms with Crippen molar-refractivity contribution >= 4 is 44.6 Å². The Labute approximate surface area is 332 Å². The van der Waals surface area contributed by atoms with E-state index in [0.717, 1.165) is 4.90 Å². The van der Waals surface area contributed by atoms with Crippen LogP contribution in [0.4, 0.5) is 22.4 Å². The lowest BCUT2D eigenvalue weighted by Crippen LogP contribution is -2.60. The molecule has 20 heteroatoms. The molecule has 2 saturated carbocycles. The number of ether oxygens (including phenoxy) is 4. The maximum atomic E-state index is 14.7. The van der Waals surface area contributed by atoms with E-state index in [1.165, 1.54) is 39.3 Å². The predicted molar refractivity (Wildman–Crippen MR) is 198 cm³/mol. The number of rotatable bonds is 8. The summed E-state index contributed by atoms with van der Waals surface area (Å²) in [5.74, 6) is -3.97. The van der Waals surface area contributed by atoms with Gasteiger partial charge < -0.3 is 34.5 Å².